The van der Waals surface area contributed by atoms with Gasteiger partial charge in [-0.25, -0.2) is 0 Å². The van der Waals surface area contributed by atoms with E-state index in [2.05, 4.69) is 11.8 Å². The standard InChI is InChI=1S/C17H25NO3/c1-12-6-7-15(19)14(9-12)10-17(3,16(20)21)18-8-4-5-13(2)11-18/h6-7,9,13,19H,4-5,8,10-11H2,1-3H3,(H,20,21). The van der Waals surface area contributed by atoms with Gasteiger partial charge in [0.25, 0.3) is 0 Å². The fraction of sp³-hybridized carbons (Fsp3) is 0.588. The van der Waals surface area contributed by atoms with Crippen molar-refractivity contribution in [2.24, 2.45) is 5.92 Å². The van der Waals surface area contributed by atoms with Crippen LogP contribution in [0.5, 0.6) is 5.75 Å². The van der Waals surface area contributed by atoms with Crippen LogP contribution in [0.4, 0.5) is 0 Å². The van der Waals surface area contributed by atoms with Gasteiger partial charge in [0, 0.05) is 13.0 Å². The predicted octanol–water partition coefficient (Wildman–Crippen LogP) is 2.82. The molecule has 0 bridgehead atoms. The molecule has 0 aliphatic carbocycles. The number of carbonyl (C=O) groups is 1. The van der Waals surface area contributed by atoms with Gasteiger partial charge in [-0.2, -0.15) is 0 Å². The minimum Gasteiger partial charge on any atom is -0.508 e. The molecule has 1 aromatic rings. The zero-order valence-corrected chi connectivity index (χ0v) is 13.1. The molecule has 4 heteroatoms. The molecule has 2 rings (SSSR count). The maximum atomic E-state index is 11.9. The van der Waals surface area contributed by atoms with Crippen LogP contribution in [0, 0.1) is 12.8 Å². The summed E-state index contributed by atoms with van der Waals surface area (Å²) < 4.78 is 0. The number of hydrogen-bond acceptors (Lipinski definition) is 3. The summed E-state index contributed by atoms with van der Waals surface area (Å²) in [4.78, 5) is 14.0. The first-order valence-electron chi connectivity index (χ1n) is 7.60. The molecular formula is C17H25NO3. The highest BCUT2D eigenvalue weighted by molar-refractivity contribution is 5.79. The van der Waals surface area contributed by atoms with Gasteiger partial charge in [-0.15, -0.1) is 0 Å². The van der Waals surface area contributed by atoms with Crippen molar-refractivity contribution in [1.82, 2.24) is 4.90 Å². The smallest absolute Gasteiger partial charge is 0.324 e. The van der Waals surface area contributed by atoms with Crippen molar-refractivity contribution in [3.8, 4) is 5.75 Å². The molecule has 2 atom stereocenters. The maximum absolute atomic E-state index is 11.9. The zero-order valence-electron chi connectivity index (χ0n) is 13.1. The summed E-state index contributed by atoms with van der Waals surface area (Å²) in [5, 5.41) is 19.8. The second kappa shape index (κ2) is 6.06. The van der Waals surface area contributed by atoms with Crippen molar-refractivity contribution >= 4 is 5.97 Å². The number of aryl methyl sites for hydroxylation is 1. The van der Waals surface area contributed by atoms with Gasteiger partial charge in [0.2, 0.25) is 0 Å². The molecule has 2 N–H and O–H groups in total. The van der Waals surface area contributed by atoms with Gasteiger partial charge in [-0.3, -0.25) is 9.69 Å². The van der Waals surface area contributed by atoms with Crippen LogP contribution in [0.3, 0.4) is 0 Å². The Morgan fingerprint density at radius 2 is 2.19 bits per heavy atom. The van der Waals surface area contributed by atoms with E-state index in [1.807, 2.05) is 19.1 Å². The number of nitrogens with zero attached hydrogens (tertiary/aromatic N) is 1. The van der Waals surface area contributed by atoms with Crippen LogP contribution in [0.15, 0.2) is 18.2 Å². The summed E-state index contributed by atoms with van der Waals surface area (Å²) in [5.74, 6) is -0.126. The second-order valence-electron chi connectivity index (χ2n) is 6.58. The molecule has 2 unspecified atom stereocenters. The lowest BCUT2D eigenvalue weighted by Gasteiger charge is -2.42. The number of phenols is 1. The van der Waals surface area contributed by atoms with E-state index >= 15 is 0 Å². The van der Waals surface area contributed by atoms with Crippen LogP contribution in [-0.2, 0) is 11.2 Å². The SMILES string of the molecule is Cc1ccc(O)c(CC(C)(C(=O)O)N2CCCC(C)C2)c1. The lowest BCUT2D eigenvalue weighted by Crippen LogP contribution is -2.57. The molecule has 1 fully saturated rings. The first kappa shape index (κ1) is 15.8. The number of carboxylic acid groups (broad SMARTS) is 1. The average Bonchev–Trinajstić information content (AvgIpc) is 2.42. The number of benzene rings is 1. The normalized spacial score (nSPS) is 22.7. The van der Waals surface area contributed by atoms with Crippen LogP contribution >= 0.6 is 0 Å². The van der Waals surface area contributed by atoms with Crippen molar-refractivity contribution in [3.05, 3.63) is 29.3 Å². The fourth-order valence-electron chi connectivity index (χ4n) is 3.19. The Balaban J connectivity index is 2.29. The van der Waals surface area contributed by atoms with Gasteiger partial charge < -0.3 is 10.2 Å². The third-order valence-electron chi connectivity index (χ3n) is 4.59. The quantitative estimate of drug-likeness (QED) is 0.895. The van der Waals surface area contributed by atoms with Crippen LogP contribution in [-0.4, -0.2) is 39.7 Å². The van der Waals surface area contributed by atoms with Crippen LogP contribution in [0.25, 0.3) is 0 Å². The van der Waals surface area contributed by atoms with E-state index in [1.54, 1.807) is 13.0 Å². The predicted molar refractivity (Wildman–Crippen MR) is 82.6 cm³/mol. The summed E-state index contributed by atoms with van der Waals surface area (Å²) in [6, 6.07) is 5.36. The Labute approximate surface area is 126 Å². The highest BCUT2D eigenvalue weighted by Gasteiger charge is 2.41. The van der Waals surface area contributed by atoms with E-state index in [0.717, 1.165) is 31.5 Å². The molecule has 116 valence electrons. The van der Waals surface area contributed by atoms with Crippen molar-refractivity contribution in [2.45, 2.75) is 45.6 Å². The molecule has 1 aliphatic rings. The molecule has 0 amide bonds. The molecule has 0 saturated carbocycles. The summed E-state index contributed by atoms with van der Waals surface area (Å²) in [6.07, 6.45) is 2.51. The van der Waals surface area contributed by atoms with E-state index in [0.29, 0.717) is 17.9 Å². The second-order valence-corrected chi connectivity index (χ2v) is 6.58. The molecule has 1 aliphatic heterocycles. The minimum absolute atomic E-state index is 0.179. The number of aromatic hydroxyl groups is 1. The lowest BCUT2D eigenvalue weighted by atomic mass is 9.86. The van der Waals surface area contributed by atoms with Crippen LogP contribution in [0.2, 0.25) is 0 Å². The van der Waals surface area contributed by atoms with E-state index in [1.165, 1.54) is 0 Å². The lowest BCUT2D eigenvalue weighted by molar-refractivity contribution is -0.151. The summed E-state index contributed by atoms with van der Waals surface area (Å²) in [5.41, 5.74) is 0.764. The molecule has 21 heavy (non-hydrogen) atoms. The Bertz CT molecular complexity index is 529. The molecule has 1 heterocycles. The Hall–Kier alpha value is -1.55. The molecular weight excluding hydrogens is 266 g/mol. The third-order valence-corrected chi connectivity index (χ3v) is 4.59. The number of carboxylic acids is 1. The number of likely N-dealkylation sites (tertiary alicyclic amines) is 1. The Kier molecular flexibility index (Phi) is 4.57. The third kappa shape index (κ3) is 3.38. The van der Waals surface area contributed by atoms with Gasteiger partial charge in [0.1, 0.15) is 11.3 Å². The summed E-state index contributed by atoms with van der Waals surface area (Å²) >= 11 is 0. The number of rotatable bonds is 4. The zero-order chi connectivity index (χ0) is 15.6. The van der Waals surface area contributed by atoms with E-state index < -0.39 is 11.5 Å². The topological polar surface area (TPSA) is 60.8 Å². The summed E-state index contributed by atoms with van der Waals surface area (Å²) in [6.45, 7) is 7.49. The van der Waals surface area contributed by atoms with E-state index in [4.69, 9.17) is 0 Å². The van der Waals surface area contributed by atoms with Crippen LogP contribution < -0.4 is 0 Å². The largest absolute Gasteiger partial charge is 0.508 e. The van der Waals surface area contributed by atoms with E-state index in [-0.39, 0.29) is 5.75 Å². The number of hydrogen-bond donors (Lipinski definition) is 2. The van der Waals surface area contributed by atoms with Crippen molar-refractivity contribution in [1.29, 1.82) is 0 Å². The van der Waals surface area contributed by atoms with Gasteiger partial charge >= 0.3 is 5.97 Å². The molecule has 1 saturated heterocycles. The molecule has 4 nitrogen and oxygen atoms in total. The molecule has 0 aromatic heterocycles. The van der Waals surface area contributed by atoms with Gasteiger partial charge in [-0.1, -0.05) is 24.6 Å². The van der Waals surface area contributed by atoms with Crippen LogP contribution in [0.1, 0.15) is 37.8 Å². The highest BCUT2D eigenvalue weighted by atomic mass is 16.4. The number of phenolic OH excluding ortho intramolecular Hbond substituents is 1. The number of piperidine rings is 1. The Morgan fingerprint density at radius 3 is 2.81 bits per heavy atom. The van der Waals surface area contributed by atoms with Crippen molar-refractivity contribution in [2.75, 3.05) is 13.1 Å². The average molecular weight is 291 g/mol. The fourth-order valence-corrected chi connectivity index (χ4v) is 3.19. The van der Waals surface area contributed by atoms with Gasteiger partial charge in [-0.05, 0) is 50.8 Å². The number of aliphatic carboxylic acids is 1. The monoisotopic (exact) mass is 291 g/mol. The van der Waals surface area contributed by atoms with Gasteiger partial charge in [0.05, 0.1) is 0 Å². The van der Waals surface area contributed by atoms with E-state index in [9.17, 15) is 15.0 Å². The van der Waals surface area contributed by atoms with Crippen molar-refractivity contribution in [3.63, 3.8) is 0 Å². The molecule has 1 aromatic carbocycles. The minimum atomic E-state index is -0.972. The first-order chi connectivity index (χ1) is 9.83. The summed E-state index contributed by atoms with van der Waals surface area (Å²) in [7, 11) is 0. The first-order valence-corrected chi connectivity index (χ1v) is 7.60. The maximum Gasteiger partial charge on any atom is 0.324 e. The highest BCUT2D eigenvalue weighted by Crippen LogP contribution is 2.30. The van der Waals surface area contributed by atoms with Crippen molar-refractivity contribution < 1.29 is 15.0 Å². The van der Waals surface area contributed by atoms with Gasteiger partial charge in [0.15, 0.2) is 0 Å². The Morgan fingerprint density at radius 1 is 1.48 bits per heavy atom. The molecule has 0 radical (unpaired) electrons. The molecule has 0 spiro atoms.